The SMILES string of the molecule is Cc1ccccc1S(=O)(=O)NC(=O)N[C@@]1(C(=O)N(C)c2ccc3c(c2)OCO3)C[C@H]1c1ccccc1. The molecule has 0 aromatic heterocycles. The van der Waals surface area contributed by atoms with Crippen LogP contribution in [0.4, 0.5) is 10.5 Å². The van der Waals surface area contributed by atoms with Crippen LogP contribution < -0.4 is 24.4 Å². The highest BCUT2D eigenvalue weighted by molar-refractivity contribution is 7.90. The van der Waals surface area contributed by atoms with Crippen LogP contribution in [0.5, 0.6) is 11.5 Å². The van der Waals surface area contributed by atoms with Crippen LogP contribution in [-0.2, 0) is 14.8 Å². The van der Waals surface area contributed by atoms with E-state index in [1.807, 2.05) is 30.3 Å². The van der Waals surface area contributed by atoms with Gasteiger partial charge in [0.15, 0.2) is 11.5 Å². The van der Waals surface area contributed by atoms with Crippen molar-refractivity contribution in [1.29, 1.82) is 0 Å². The van der Waals surface area contributed by atoms with E-state index in [4.69, 9.17) is 9.47 Å². The van der Waals surface area contributed by atoms with Gasteiger partial charge < -0.3 is 19.7 Å². The molecule has 0 bridgehead atoms. The zero-order chi connectivity index (χ0) is 25.5. The lowest BCUT2D eigenvalue weighted by molar-refractivity contribution is -0.121. The monoisotopic (exact) mass is 507 g/mol. The number of nitrogens with zero attached hydrogens (tertiary/aromatic N) is 1. The number of carbonyl (C=O) groups excluding carboxylic acids is 2. The fourth-order valence-electron chi connectivity index (χ4n) is 4.55. The van der Waals surface area contributed by atoms with Crippen LogP contribution in [-0.4, -0.2) is 39.7 Å². The molecular weight excluding hydrogens is 482 g/mol. The highest BCUT2D eigenvalue weighted by Gasteiger charge is 2.63. The summed E-state index contributed by atoms with van der Waals surface area (Å²) in [6, 6.07) is 19.8. The van der Waals surface area contributed by atoms with E-state index in [1.54, 1.807) is 50.4 Å². The van der Waals surface area contributed by atoms with Gasteiger partial charge in [-0.15, -0.1) is 0 Å². The van der Waals surface area contributed by atoms with Crippen LogP contribution in [0.3, 0.4) is 0 Å². The zero-order valence-electron chi connectivity index (χ0n) is 19.7. The number of carbonyl (C=O) groups is 2. The highest BCUT2D eigenvalue weighted by Crippen LogP contribution is 2.53. The molecule has 2 aliphatic rings. The van der Waals surface area contributed by atoms with E-state index in [2.05, 4.69) is 10.0 Å². The summed E-state index contributed by atoms with van der Waals surface area (Å²) in [5, 5.41) is 2.69. The predicted molar refractivity (Wildman–Crippen MR) is 133 cm³/mol. The number of aryl methyl sites for hydroxylation is 1. The maximum atomic E-state index is 13.8. The average molecular weight is 508 g/mol. The lowest BCUT2D eigenvalue weighted by Gasteiger charge is -2.26. The van der Waals surface area contributed by atoms with Crippen molar-refractivity contribution in [2.24, 2.45) is 0 Å². The third kappa shape index (κ3) is 4.24. The second-order valence-corrected chi connectivity index (χ2v) is 10.5. The van der Waals surface area contributed by atoms with Gasteiger partial charge in [0.05, 0.1) is 4.90 Å². The summed E-state index contributed by atoms with van der Waals surface area (Å²) in [6.07, 6.45) is 0.322. The lowest BCUT2D eigenvalue weighted by Crippen LogP contribution is -2.54. The fraction of sp³-hybridized carbons (Fsp3) is 0.231. The number of hydrogen-bond donors (Lipinski definition) is 2. The summed E-state index contributed by atoms with van der Waals surface area (Å²) >= 11 is 0. The predicted octanol–water partition coefficient (Wildman–Crippen LogP) is 3.30. The van der Waals surface area contributed by atoms with Gasteiger partial charge in [0.2, 0.25) is 6.79 Å². The van der Waals surface area contributed by atoms with Crippen LogP contribution in [0, 0.1) is 6.92 Å². The fourth-order valence-corrected chi connectivity index (χ4v) is 5.71. The number of anilines is 1. The molecule has 1 saturated carbocycles. The van der Waals surface area contributed by atoms with E-state index < -0.39 is 21.6 Å². The molecule has 186 valence electrons. The molecular formula is C26H25N3O6S. The van der Waals surface area contributed by atoms with E-state index in [0.717, 1.165) is 5.56 Å². The normalized spacial score (nSPS) is 19.9. The summed E-state index contributed by atoms with van der Waals surface area (Å²) in [4.78, 5) is 28.2. The number of urea groups is 1. The second-order valence-electron chi connectivity index (χ2n) is 8.87. The molecule has 1 fully saturated rings. The van der Waals surface area contributed by atoms with E-state index in [9.17, 15) is 18.0 Å². The number of ether oxygens (including phenoxy) is 2. The summed E-state index contributed by atoms with van der Waals surface area (Å²) in [5.74, 6) is 0.404. The first kappa shape index (κ1) is 23.7. The quantitative estimate of drug-likeness (QED) is 0.529. The number of likely N-dealkylation sites (N-methyl/N-ethyl adjacent to an activating group) is 1. The number of rotatable bonds is 6. The number of hydrogen-bond acceptors (Lipinski definition) is 6. The van der Waals surface area contributed by atoms with Crippen molar-refractivity contribution < 1.29 is 27.5 Å². The summed E-state index contributed by atoms with van der Waals surface area (Å²) in [7, 11) is -2.54. The Kier molecular flexibility index (Phi) is 5.83. The van der Waals surface area contributed by atoms with Crippen molar-refractivity contribution in [3.8, 4) is 11.5 Å². The van der Waals surface area contributed by atoms with E-state index in [-0.39, 0.29) is 23.5 Å². The first-order valence-electron chi connectivity index (χ1n) is 11.3. The first-order chi connectivity index (χ1) is 17.2. The largest absolute Gasteiger partial charge is 0.454 e. The van der Waals surface area contributed by atoms with Gasteiger partial charge in [-0.05, 0) is 42.7 Å². The Morgan fingerprint density at radius 1 is 0.972 bits per heavy atom. The van der Waals surface area contributed by atoms with Crippen molar-refractivity contribution in [2.45, 2.75) is 29.7 Å². The summed E-state index contributed by atoms with van der Waals surface area (Å²) in [5.41, 5.74) is 0.599. The van der Waals surface area contributed by atoms with Gasteiger partial charge in [-0.25, -0.2) is 17.9 Å². The van der Waals surface area contributed by atoms with Gasteiger partial charge >= 0.3 is 6.03 Å². The average Bonchev–Trinajstić information content (AvgIpc) is 3.38. The Morgan fingerprint density at radius 2 is 1.67 bits per heavy atom. The number of fused-ring (bicyclic) bond motifs is 1. The molecule has 10 heteroatoms. The number of nitrogens with one attached hydrogen (secondary N) is 2. The summed E-state index contributed by atoms with van der Waals surface area (Å²) < 4.78 is 38.6. The smallest absolute Gasteiger partial charge is 0.329 e. The van der Waals surface area contributed by atoms with Gasteiger partial charge in [-0.2, -0.15) is 0 Å². The first-order valence-corrected chi connectivity index (χ1v) is 12.8. The van der Waals surface area contributed by atoms with Crippen molar-refractivity contribution in [1.82, 2.24) is 10.0 Å². The van der Waals surface area contributed by atoms with Gasteiger partial charge in [-0.1, -0.05) is 48.5 Å². The maximum absolute atomic E-state index is 13.8. The van der Waals surface area contributed by atoms with Gasteiger partial charge in [-0.3, -0.25) is 4.79 Å². The molecule has 1 heterocycles. The molecule has 1 aliphatic heterocycles. The topological polar surface area (TPSA) is 114 Å². The van der Waals surface area contributed by atoms with Crippen LogP contribution in [0.1, 0.15) is 23.5 Å². The molecule has 3 aromatic rings. The van der Waals surface area contributed by atoms with Crippen molar-refractivity contribution in [2.75, 3.05) is 18.7 Å². The minimum absolute atomic E-state index is 0.00610. The number of benzene rings is 3. The molecule has 0 unspecified atom stereocenters. The second kappa shape index (κ2) is 8.87. The Hall–Kier alpha value is -4.05. The Bertz CT molecular complexity index is 1440. The Morgan fingerprint density at radius 3 is 2.42 bits per heavy atom. The van der Waals surface area contributed by atoms with Crippen molar-refractivity contribution in [3.05, 3.63) is 83.9 Å². The molecule has 5 rings (SSSR count). The maximum Gasteiger partial charge on any atom is 0.329 e. The van der Waals surface area contributed by atoms with Crippen molar-refractivity contribution >= 4 is 27.6 Å². The molecule has 0 saturated heterocycles. The van der Waals surface area contributed by atoms with Gasteiger partial charge in [0, 0.05) is 24.7 Å². The lowest BCUT2D eigenvalue weighted by atomic mass is 10.0. The third-order valence-electron chi connectivity index (χ3n) is 6.54. The van der Waals surface area contributed by atoms with Gasteiger partial charge in [0.25, 0.3) is 15.9 Å². The van der Waals surface area contributed by atoms with Crippen LogP contribution in [0.25, 0.3) is 0 Å². The molecule has 2 N–H and O–H groups in total. The Labute approximate surface area is 209 Å². The molecule has 3 aromatic carbocycles. The molecule has 0 radical (unpaired) electrons. The molecule has 3 amide bonds. The van der Waals surface area contributed by atoms with Crippen molar-refractivity contribution in [3.63, 3.8) is 0 Å². The minimum atomic E-state index is -4.14. The number of sulfonamides is 1. The standard InChI is InChI=1S/C26H25N3O6S/c1-17-8-6-7-11-23(17)36(32,33)28-25(31)27-26(15-20(26)18-9-4-3-5-10-18)24(30)29(2)19-12-13-21-22(14-19)35-16-34-21/h3-14,20H,15-16H2,1-2H3,(H2,27,28,31)/t20-,26-/m0/s1. The van der Waals surface area contributed by atoms with E-state index in [0.29, 0.717) is 29.2 Å². The molecule has 9 nitrogen and oxygen atoms in total. The van der Waals surface area contributed by atoms with E-state index in [1.165, 1.54) is 11.0 Å². The molecule has 1 aliphatic carbocycles. The molecule has 36 heavy (non-hydrogen) atoms. The minimum Gasteiger partial charge on any atom is -0.454 e. The van der Waals surface area contributed by atoms with Gasteiger partial charge in [0.1, 0.15) is 5.54 Å². The van der Waals surface area contributed by atoms with Crippen LogP contribution in [0.15, 0.2) is 77.7 Å². The molecule has 0 spiro atoms. The van der Waals surface area contributed by atoms with E-state index >= 15 is 0 Å². The summed E-state index contributed by atoms with van der Waals surface area (Å²) in [6.45, 7) is 1.75. The van der Waals surface area contributed by atoms with Crippen LogP contribution >= 0.6 is 0 Å². The highest BCUT2D eigenvalue weighted by atomic mass is 32.2. The molecule has 2 atom stereocenters. The zero-order valence-corrected chi connectivity index (χ0v) is 20.5. The van der Waals surface area contributed by atoms with Crippen LogP contribution in [0.2, 0.25) is 0 Å². The number of amides is 3. The third-order valence-corrected chi connectivity index (χ3v) is 8.03. The Balaban J connectivity index is 1.42.